The summed E-state index contributed by atoms with van der Waals surface area (Å²) in [6.07, 6.45) is 0.345. The van der Waals surface area contributed by atoms with Gasteiger partial charge in [-0.1, -0.05) is 42.4 Å². The van der Waals surface area contributed by atoms with Gasteiger partial charge in [0.1, 0.15) is 6.10 Å². The lowest BCUT2D eigenvalue weighted by Gasteiger charge is -2.27. The Kier molecular flexibility index (Phi) is 8.61. The quantitative estimate of drug-likeness (QED) is 0.219. The lowest BCUT2D eigenvalue weighted by atomic mass is 9.98. The molecule has 0 radical (unpaired) electrons. The van der Waals surface area contributed by atoms with Gasteiger partial charge in [0.2, 0.25) is 0 Å². The molecule has 3 aliphatic rings. The molecule has 0 spiro atoms. The number of fused-ring (bicyclic) bond motifs is 1. The molecule has 9 nitrogen and oxygen atoms in total. The molecule has 2 aliphatic carbocycles. The molecule has 1 saturated heterocycles. The van der Waals surface area contributed by atoms with E-state index in [4.69, 9.17) is 25.2 Å². The standard InChI is InChI=1S/C32H38F2N4O5S2/c1-5-12-44-31-36-24(14-19-15-26(39)29-28(19)42-32(3,4)43-29)27(35)30(37-31)38(45(40,41)20-9-6-17(2)7-10-20)25-16-21(25)18-8-11-22(33)23(34)13-18/h6-11,13,19,21,25-26,28-29,39H,5,12,14-16,35H2,1-4H3/t19-,21+,25-,26+,28+,29-/m1/s1. The van der Waals surface area contributed by atoms with Crippen LogP contribution in [-0.4, -0.2) is 59.4 Å². The zero-order valence-electron chi connectivity index (χ0n) is 25.6. The zero-order chi connectivity index (χ0) is 32.3. The number of thioether (sulfide) groups is 1. The Morgan fingerprint density at radius 3 is 2.47 bits per heavy atom. The number of rotatable bonds is 10. The first-order valence-corrected chi connectivity index (χ1v) is 17.6. The van der Waals surface area contributed by atoms with Gasteiger partial charge in [-0.25, -0.2) is 31.5 Å². The summed E-state index contributed by atoms with van der Waals surface area (Å²) in [4.78, 5) is 9.55. The number of hydrogen-bond donors (Lipinski definition) is 2. The monoisotopic (exact) mass is 660 g/mol. The first-order valence-electron chi connectivity index (χ1n) is 15.2. The van der Waals surface area contributed by atoms with Crippen LogP contribution >= 0.6 is 11.8 Å². The second-order valence-corrected chi connectivity index (χ2v) is 15.4. The fourth-order valence-electron chi connectivity index (χ4n) is 6.38. The van der Waals surface area contributed by atoms with Gasteiger partial charge in [-0.3, -0.25) is 0 Å². The smallest absolute Gasteiger partial charge is 0.265 e. The molecule has 0 bridgehead atoms. The van der Waals surface area contributed by atoms with Crippen LogP contribution in [0.3, 0.4) is 0 Å². The van der Waals surface area contributed by atoms with Crippen LogP contribution in [0.4, 0.5) is 20.3 Å². The molecular formula is C32H38F2N4O5S2. The summed E-state index contributed by atoms with van der Waals surface area (Å²) in [6.45, 7) is 7.50. The molecule has 6 rings (SSSR count). The molecule has 0 unspecified atom stereocenters. The Morgan fingerprint density at radius 1 is 1.07 bits per heavy atom. The van der Waals surface area contributed by atoms with E-state index in [0.29, 0.717) is 41.4 Å². The number of halogens is 2. The number of hydrogen-bond acceptors (Lipinski definition) is 9. The van der Waals surface area contributed by atoms with E-state index in [1.54, 1.807) is 26.0 Å². The molecule has 45 heavy (non-hydrogen) atoms. The third kappa shape index (κ3) is 6.29. The largest absolute Gasteiger partial charge is 0.394 e. The average Bonchev–Trinajstić information content (AvgIpc) is 3.61. The maximum Gasteiger partial charge on any atom is 0.265 e. The molecule has 3 N–H and O–H groups in total. The molecule has 2 saturated carbocycles. The van der Waals surface area contributed by atoms with E-state index in [-0.39, 0.29) is 28.4 Å². The number of ether oxygens (including phenoxy) is 2. The summed E-state index contributed by atoms with van der Waals surface area (Å²) in [5.41, 5.74) is 8.74. The van der Waals surface area contributed by atoms with Crippen molar-refractivity contribution in [1.82, 2.24) is 9.97 Å². The second-order valence-electron chi connectivity index (χ2n) is 12.6. The highest BCUT2D eigenvalue weighted by Crippen LogP contribution is 2.50. The molecule has 1 aromatic heterocycles. The van der Waals surface area contributed by atoms with Crippen LogP contribution in [0.5, 0.6) is 0 Å². The van der Waals surface area contributed by atoms with E-state index in [1.165, 1.54) is 34.3 Å². The molecule has 2 heterocycles. The van der Waals surface area contributed by atoms with Crippen LogP contribution in [0, 0.1) is 24.5 Å². The van der Waals surface area contributed by atoms with Crippen molar-refractivity contribution in [2.45, 2.75) is 99.5 Å². The Bertz CT molecular complexity index is 1690. The van der Waals surface area contributed by atoms with Crippen molar-refractivity contribution in [2.24, 2.45) is 5.92 Å². The number of sulfonamides is 1. The van der Waals surface area contributed by atoms with Crippen LogP contribution < -0.4 is 10.0 Å². The molecule has 1 aliphatic heterocycles. The Labute approximate surface area is 266 Å². The summed E-state index contributed by atoms with van der Waals surface area (Å²) < 4.78 is 70.2. The maximum absolute atomic E-state index is 14.4. The summed E-state index contributed by atoms with van der Waals surface area (Å²) >= 11 is 1.40. The van der Waals surface area contributed by atoms with Crippen molar-refractivity contribution in [3.63, 3.8) is 0 Å². The number of aliphatic hydroxyl groups excluding tert-OH is 1. The summed E-state index contributed by atoms with van der Waals surface area (Å²) in [5.74, 6) is -2.65. The molecule has 3 aromatic rings. The van der Waals surface area contributed by atoms with Gasteiger partial charge in [-0.2, -0.15) is 0 Å². The van der Waals surface area contributed by atoms with E-state index in [0.717, 1.165) is 24.1 Å². The number of anilines is 2. The second kappa shape index (κ2) is 12.1. The van der Waals surface area contributed by atoms with E-state index in [9.17, 15) is 22.3 Å². The van der Waals surface area contributed by atoms with Crippen molar-refractivity contribution in [3.8, 4) is 0 Å². The molecule has 3 fully saturated rings. The molecule has 13 heteroatoms. The Hall–Kier alpha value is -2.84. The van der Waals surface area contributed by atoms with Crippen LogP contribution in [-0.2, 0) is 25.9 Å². The van der Waals surface area contributed by atoms with Gasteiger partial charge in [0, 0.05) is 11.7 Å². The van der Waals surface area contributed by atoms with Crippen LogP contribution in [0.15, 0.2) is 52.5 Å². The van der Waals surface area contributed by atoms with Crippen molar-refractivity contribution in [1.29, 1.82) is 0 Å². The number of nitrogen functional groups attached to an aromatic ring is 1. The lowest BCUT2D eigenvalue weighted by molar-refractivity contribution is -0.166. The predicted molar refractivity (Wildman–Crippen MR) is 167 cm³/mol. The van der Waals surface area contributed by atoms with Crippen molar-refractivity contribution < 1.29 is 31.8 Å². The lowest BCUT2D eigenvalue weighted by Crippen LogP contribution is -2.36. The third-order valence-electron chi connectivity index (χ3n) is 8.64. The molecule has 2 aromatic carbocycles. The first kappa shape index (κ1) is 32.1. The van der Waals surface area contributed by atoms with E-state index < -0.39 is 51.6 Å². The third-order valence-corrected chi connectivity index (χ3v) is 11.5. The van der Waals surface area contributed by atoms with E-state index in [1.807, 2.05) is 13.8 Å². The predicted octanol–water partition coefficient (Wildman–Crippen LogP) is 5.34. The van der Waals surface area contributed by atoms with Gasteiger partial charge in [0.25, 0.3) is 10.0 Å². The molecule has 242 valence electrons. The summed E-state index contributed by atoms with van der Waals surface area (Å²) in [5, 5.41) is 11.1. The van der Waals surface area contributed by atoms with Gasteiger partial charge >= 0.3 is 0 Å². The summed E-state index contributed by atoms with van der Waals surface area (Å²) in [6, 6.07) is 9.51. The fraction of sp³-hybridized carbons (Fsp3) is 0.500. The Morgan fingerprint density at radius 2 is 1.78 bits per heavy atom. The highest BCUT2D eigenvalue weighted by molar-refractivity contribution is 7.99. The molecule has 0 amide bonds. The van der Waals surface area contributed by atoms with Gasteiger partial charge in [-0.05, 0) is 82.2 Å². The van der Waals surface area contributed by atoms with Gasteiger partial charge in [-0.15, -0.1) is 0 Å². The van der Waals surface area contributed by atoms with Gasteiger partial charge in [0.05, 0.1) is 34.5 Å². The average molecular weight is 661 g/mol. The Balaban J connectivity index is 1.43. The zero-order valence-corrected chi connectivity index (χ0v) is 27.2. The van der Waals surface area contributed by atoms with Gasteiger partial charge < -0.3 is 20.3 Å². The SMILES string of the molecule is CCCSc1nc(C[C@@H]2C[C@H](O)[C@H]3OC(C)(C)O[C@@H]23)c(N)c(N([C@@H]2C[C@H]2c2ccc(F)c(F)c2)S(=O)(=O)c2ccc(C)cc2)n1. The highest BCUT2D eigenvalue weighted by atomic mass is 32.2. The van der Waals surface area contributed by atoms with Crippen molar-refractivity contribution in [3.05, 3.63) is 70.9 Å². The fourth-order valence-corrected chi connectivity index (χ4v) is 8.76. The number of aliphatic hydroxyl groups is 1. The van der Waals surface area contributed by atoms with Crippen molar-refractivity contribution >= 4 is 33.3 Å². The number of benzene rings is 2. The van der Waals surface area contributed by atoms with Crippen LogP contribution in [0.25, 0.3) is 0 Å². The van der Waals surface area contributed by atoms with Gasteiger partial charge in [0.15, 0.2) is 28.4 Å². The van der Waals surface area contributed by atoms with E-state index >= 15 is 0 Å². The minimum absolute atomic E-state index is 0.0493. The molecular weight excluding hydrogens is 623 g/mol. The topological polar surface area (TPSA) is 128 Å². The normalized spacial score (nSPS) is 27.0. The number of aryl methyl sites for hydroxylation is 1. The number of aromatic nitrogens is 2. The van der Waals surface area contributed by atoms with Crippen LogP contribution in [0.1, 0.15) is 62.8 Å². The van der Waals surface area contributed by atoms with E-state index in [2.05, 4.69) is 0 Å². The minimum Gasteiger partial charge on any atom is -0.394 e. The van der Waals surface area contributed by atoms with Crippen LogP contribution in [0.2, 0.25) is 0 Å². The highest BCUT2D eigenvalue weighted by Gasteiger charge is 2.54. The minimum atomic E-state index is -4.21. The van der Waals surface area contributed by atoms with Crippen molar-refractivity contribution in [2.75, 3.05) is 15.8 Å². The number of nitrogens with two attached hydrogens (primary N) is 1. The molecule has 6 atom stereocenters. The summed E-state index contributed by atoms with van der Waals surface area (Å²) in [7, 11) is -4.21. The maximum atomic E-state index is 14.4. The first-order chi connectivity index (χ1) is 21.3. The number of nitrogens with zero attached hydrogens (tertiary/aromatic N) is 3.